The van der Waals surface area contributed by atoms with Gasteiger partial charge in [0.2, 0.25) is 5.91 Å². The van der Waals surface area contributed by atoms with Crippen LogP contribution in [-0.2, 0) is 9.53 Å². The number of rotatable bonds is 6. The highest BCUT2D eigenvalue weighted by molar-refractivity contribution is 5.82. The summed E-state index contributed by atoms with van der Waals surface area (Å²) in [5.41, 5.74) is 0. The maximum Gasteiger partial charge on any atom is 0.239 e. The van der Waals surface area contributed by atoms with Crippen molar-refractivity contribution in [3.8, 4) is 5.75 Å². The number of methoxy groups -OCH3 is 1. The van der Waals surface area contributed by atoms with Crippen LogP contribution in [0, 0.1) is 0 Å². The Labute approximate surface area is 119 Å². The third-order valence-corrected chi connectivity index (χ3v) is 3.54. The molecule has 5 nitrogen and oxygen atoms in total. The summed E-state index contributed by atoms with van der Waals surface area (Å²) < 4.78 is 10.8. The fourth-order valence-corrected chi connectivity index (χ4v) is 2.26. The molecule has 1 saturated heterocycles. The highest BCUT2D eigenvalue weighted by atomic mass is 16.5. The molecule has 110 valence electrons. The lowest BCUT2D eigenvalue weighted by Crippen LogP contribution is -2.43. The maximum atomic E-state index is 12.2. The molecule has 1 aromatic carbocycles. The molecule has 0 aliphatic carbocycles. The zero-order valence-corrected chi connectivity index (χ0v) is 12.0. The van der Waals surface area contributed by atoms with Crippen molar-refractivity contribution in [2.75, 3.05) is 33.9 Å². The number of carbonyl (C=O) groups is 1. The number of nitrogens with one attached hydrogen (secondary N) is 1. The molecule has 20 heavy (non-hydrogen) atoms. The summed E-state index contributed by atoms with van der Waals surface area (Å²) in [6.07, 6.45) is 0.872. The number of para-hydroxylation sites is 1. The molecule has 1 aromatic rings. The number of ether oxygens (including phenoxy) is 2. The van der Waals surface area contributed by atoms with Crippen molar-refractivity contribution in [2.45, 2.75) is 18.6 Å². The first-order chi connectivity index (χ1) is 9.70. The summed E-state index contributed by atoms with van der Waals surface area (Å²) in [5.74, 6) is 0.924. The van der Waals surface area contributed by atoms with Gasteiger partial charge in [-0.1, -0.05) is 18.2 Å². The van der Waals surface area contributed by atoms with Gasteiger partial charge in [-0.15, -0.1) is 0 Å². The van der Waals surface area contributed by atoms with Gasteiger partial charge in [-0.05, 0) is 18.6 Å². The van der Waals surface area contributed by atoms with Gasteiger partial charge in [-0.25, -0.2) is 0 Å². The molecule has 0 spiro atoms. The number of carbonyl (C=O) groups excluding carboxylic acids is 1. The minimum atomic E-state index is -0.137. The molecule has 1 amide bonds. The van der Waals surface area contributed by atoms with Crippen LogP contribution in [0.25, 0.3) is 0 Å². The lowest BCUT2D eigenvalue weighted by Gasteiger charge is -2.21. The van der Waals surface area contributed by atoms with E-state index in [9.17, 15) is 4.79 Å². The molecule has 2 rings (SSSR count). The molecule has 1 N–H and O–H groups in total. The van der Waals surface area contributed by atoms with E-state index in [1.807, 2.05) is 30.3 Å². The van der Waals surface area contributed by atoms with Crippen molar-refractivity contribution in [3.63, 3.8) is 0 Å². The van der Waals surface area contributed by atoms with E-state index in [0.717, 1.165) is 18.7 Å². The Morgan fingerprint density at radius 3 is 2.80 bits per heavy atom. The van der Waals surface area contributed by atoms with Crippen LogP contribution >= 0.6 is 0 Å². The first kappa shape index (κ1) is 14.8. The van der Waals surface area contributed by atoms with E-state index < -0.39 is 0 Å². The van der Waals surface area contributed by atoms with Gasteiger partial charge in [0.15, 0.2) is 0 Å². The van der Waals surface area contributed by atoms with E-state index in [1.54, 1.807) is 19.1 Å². The Kier molecular flexibility index (Phi) is 5.38. The van der Waals surface area contributed by atoms with E-state index in [4.69, 9.17) is 9.47 Å². The van der Waals surface area contributed by atoms with E-state index >= 15 is 0 Å². The summed E-state index contributed by atoms with van der Waals surface area (Å²) in [4.78, 5) is 13.9. The lowest BCUT2D eigenvalue weighted by atomic mass is 10.2. The zero-order valence-electron chi connectivity index (χ0n) is 12.0. The molecule has 5 heteroatoms. The van der Waals surface area contributed by atoms with Gasteiger partial charge in [0.25, 0.3) is 0 Å². The first-order valence-corrected chi connectivity index (χ1v) is 6.89. The van der Waals surface area contributed by atoms with Crippen molar-refractivity contribution < 1.29 is 14.3 Å². The van der Waals surface area contributed by atoms with Crippen LogP contribution in [-0.4, -0.2) is 56.8 Å². The number of benzene rings is 1. The van der Waals surface area contributed by atoms with Gasteiger partial charge < -0.3 is 19.7 Å². The van der Waals surface area contributed by atoms with Crippen molar-refractivity contribution in [1.29, 1.82) is 0 Å². The normalized spacial score (nSPS) is 21.7. The van der Waals surface area contributed by atoms with Gasteiger partial charge in [0.1, 0.15) is 12.4 Å². The number of nitrogens with zero attached hydrogens (tertiary/aromatic N) is 1. The quantitative estimate of drug-likeness (QED) is 0.840. The Hall–Kier alpha value is -1.59. The molecule has 1 aliphatic heterocycles. The largest absolute Gasteiger partial charge is 0.492 e. The lowest BCUT2D eigenvalue weighted by molar-refractivity contribution is -0.132. The highest BCUT2D eigenvalue weighted by Crippen LogP contribution is 2.12. The first-order valence-electron chi connectivity index (χ1n) is 6.89. The van der Waals surface area contributed by atoms with Crippen LogP contribution in [0.3, 0.4) is 0 Å². The molecule has 1 aliphatic rings. The molecular formula is C15H22N2O3. The molecule has 0 bridgehead atoms. The molecule has 1 heterocycles. The van der Waals surface area contributed by atoms with Crippen LogP contribution in [0.4, 0.5) is 0 Å². The Morgan fingerprint density at radius 1 is 1.40 bits per heavy atom. The predicted molar refractivity (Wildman–Crippen MR) is 76.8 cm³/mol. The smallest absolute Gasteiger partial charge is 0.239 e. The molecule has 2 atom stereocenters. The average Bonchev–Trinajstić information content (AvgIpc) is 2.96. The van der Waals surface area contributed by atoms with Gasteiger partial charge >= 0.3 is 0 Å². The van der Waals surface area contributed by atoms with E-state index in [-0.39, 0.29) is 18.1 Å². The van der Waals surface area contributed by atoms with Crippen LogP contribution < -0.4 is 10.1 Å². The summed E-state index contributed by atoms with van der Waals surface area (Å²) in [5, 5.41) is 3.19. The van der Waals surface area contributed by atoms with Gasteiger partial charge in [-0.2, -0.15) is 0 Å². The van der Waals surface area contributed by atoms with Crippen molar-refractivity contribution in [2.24, 2.45) is 0 Å². The monoisotopic (exact) mass is 278 g/mol. The van der Waals surface area contributed by atoms with E-state index in [1.165, 1.54) is 0 Å². The minimum absolute atomic E-state index is 0.0983. The molecular weight excluding hydrogens is 256 g/mol. The Balaban J connectivity index is 1.72. The third-order valence-electron chi connectivity index (χ3n) is 3.54. The second-order valence-electron chi connectivity index (χ2n) is 4.98. The van der Waals surface area contributed by atoms with Crippen molar-refractivity contribution in [1.82, 2.24) is 10.2 Å². The zero-order chi connectivity index (χ0) is 14.4. The number of hydrogen-bond donors (Lipinski definition) is 1. The summed E-state index contributed by atoms with van der Waals surface area (Å²) in [6.45, 7) is 1.80. The number of hydrogen-bond acceptors (Lipinski definition) is 4. The molecule has 0 saturated carbocycles. The molecule has 0 radical (unpaired) electrons. The van der Waals surface area contributed by atoms with Gasteiger partial charge in [0, 0.05) is 20.7 Å². The second-order valence-corrected chi connectivity index (χ2v) is 4.98. The predicted octanol–water partition coefficient (Wildman–Crippen LogP) is 0.901. The van der Waals surface area contributed by atoms with E-state index in [0.29, 0.717) is 13.2 Å². The summed E-state index contributed by atoms with van der Waals surface area (Å²) in [6, 6.07) is 9.48. The van der Waals surface area contributed by atoms with Crippen LogP contribution in [0.1, 0.15) is 6.42 Å². The second kappa shape index (κ2) is 7.26. The molecule has 1 fully saturated rings. The average molecular weight is 278 g/mol. The van der Waals surface area contributed by atoms with E-state index in [2.05, 4.69) is 5.32 Å². The van der Waals surface area contributed by atoms with Crippen molar-refractivity contribution in [3.05, 3.63) is 30.3 Å². The summed E-state index contributed by atoms with van der Waals surface area (Å²) in [7, 11) is 3.48. The topological polar surface area (TPSA) is 50.8 Å². The molecule has 0 unspecified atom stereocenters. The number of likely N-dealkylation sites (N-methyl/N-ethyl adjacent to an activating group) is 1. The third kappa shape index (κ3) is 3.95. The maximum absolute atomic E-state index is 12.2. The van der Waals surface area contributed by atoms with Gasteiger partial charge in [0.05, 0.1) is 18.7 Å². The molecule has 0 aromatic heterocycles. The van der Waals surface area contributed by atoms with Crippen LogP contribution in [0.5, 0.6) is 5.75 Å². The Bertz CT molecular complexity index is 424. The van der Waals surface area contributed by atoms with Crippen LogP contribution in [0.2, 0.25) is 0 Å². The standard InChI is InChI=1S/C15H22N2O3/c1-17(8-9-20-12-6-4-3-5-7-12)15(18)14-10-13(19-2)11-16-14/h3-7,13-14,16H,8-11H2,1-2H3/t13-,14-/m1/s1. The fraction of sp³-hybridized carbons (Fsp3) is 0.533. The number of amides is 1. The van der Waals surface area contributed by atoms with Gasteiger partial charge in [-0.3, -0.25) is 4.79 Å². The SMILES string of the molecule is CO[C@H]1CN[C@@H](C(=O)N(C)CCOc2ccccc2)C1. The highest BCUT2D eigenvalue weighted by Gasteiger charge is 2.30. The fourth-order valence-electron chi connectivity index (χ4n) is 2.26. The van der Waals surface area contributed by atoms with Crippen molar-refractivity contribution >= 4 is 5.91 Å². The minimum Gasteiger partial charge on any atom is -0.492 e. The Morgan fingerprint density at radius 2 is 2.15 bits per heavy atom. The van der Waals surface area contributed by atoms with Crippen LogP contribution in [0.15, 0.2) is 30.3 Å². The summed E-state index contributed by atoms with van der Waals surface area (Å²) >= 11 is 0.